The van der Waals surface area contributed by atoms with Gasteiger partial charge in [0.1, 0.15) is 67.4 Å². The number of benzene rings is 6. The normalized spacial score (nSPS) is 19.1. The van der Waals surface area contributed by atoms with Crippen molar-refractivity contribution < 1.29 is 104 Å². The van der Waals surface area contributed by atoms with Crippen LogP contribution in [0.15, 0.2) is 182 Å². The predicted octanol–water partition coefficient (Wildman–Crippen LogP) is 24.5. The smallest absolute Gasteiger partial charge is 0.462 e. The van der Waals surface area contributed by atoms with E-state index in [0.29, 0.717) is 36.8 Å². The SMILES string of the molecule is CCCCCCCCCCCC(=O)O[C@H](CCCCCCCCCCC)CC(=O)O[C@@H]1[C@@H](NC(C)=O)[C@H](OC[C@H]2O[C@H](OCC(=O)OC(c3ccccc3)c3ccccc3)[C@H](NC(=O)C[C@@H](CCCCCCCCCCC)OCc3ccccc3)[C@@H](OC(=O)C[C@@H](CCCCCCCCCCC)OCc3ccccc3)[C@@H]2O)O[C@H](CF)[C@@H]1OP(=O)(Oc1ccccc1)Oc1ccccc1. The van der Waals surface area contributed by atoms with E-state index in [4.69, 9.17) is 60.9 Å². The molecule has 2 heterocycles. The molecule has 2 aliphatic rings. The third-order valence-electron chi connectivity index (χ3n) is 24.7. The van der Waals surface area contributed by atoms with Gasteiger partial charge < -0.3 is 72.2 Å². The van der Waals surface area contributed by atoms with Gasteiger partial charge >= 0.3 is 31.7 Å². The van der Waals surface area contributed by atoms with E-state index < -0.39 is 156 Å². The molecule has 0 radical (unpaired) electrons. The Hall–Kier alpha value is -8.42. The minimum Gasteiger partial charge on any atom is -0.462 e. The summed E-state index contributed by atoms with van der Waals surface area (Å²) < 4.78 is 117. The number of ether oxygens (including phenoxy) is 10. The number of para-hydroxylation sites is 2. The molecular formula is C109H158FN2O21P. The van der Waals surface area contributed by atoms with E-state index in [0.717, 1.165) is 165 Å². The zero-order valence-corrected chi connectivity index (χ0v) is 81.7. The van der Waals surface area contributed by atoms with Gasteiger partial charge in [-0.3, -0.25) is 28.5 Å². The summed E-state index contributed by atoms with van der Waals surface area (Å²) in [7, 11) is -5.12. The van der Waals surface area contributed by atoms with E-state index >= 15 is 23.3 Å². The van der Waals surface area contributed by atoms with Crippen LogP contribution in [0.25, 0.3) is 0 Å². The Kier molecular flexibility index (Phi) is 55.4. The third kappa shape index (κ3) is 44.4. The average molecular weight is 1880 g/mol. The number of carbonyl (C=O) groups excluding carboxylic acids is 6. The molecule has 0 aromatic heterocycles. The van der Waals surface area contributed by atoms with Crippen LogP contribution in [0, 0.1) is 0 Å². The lowest BCUT2D eigenvalue weighted by atomic mass is 9.95. The summed E-state index contributed by atoms with van der Waals surface area (Å²) in [5, 5.41) is 19.2. The Bertz CT molecular complexity index is 4070. The molecule has 23 nitrogen and oxygen atoms in total. The fraction of sp³-hybridized carbons (Fsp3) is 0.615. The summed E-state index contributed by atoms with van der Waals surface area (Å²) in [5.41, 5.74) is 3.05. The number of phosphoric acid groups is 1. The molecule has 2 saturated heterocycles. The van der Waals surface area contributed by atoms with Gasteiger partial charge in [0.2, 0.25) is 11.8 Å². The van der Waals surface area contributed by atoms with Crippen LogP contribution >= 0.6 is 7.82 Å². The van der Waals surface area contributed by atoms with Gasteiger partial charge in [-0.2, -0.15) is 0 Å². The molecule has 8 rings (SSSR count). The standard InChI is InChI=1S/C109H158FN2O21P/c1-6-10-14-18-22-26-30-34-52-72-91(121-80-85-60-44-38-45-61-85)76-96(114)112-101-106(128-98(116)77-92(122-81-86-62-46-39-47-63-86)73-53-35-31-27-23-19-15-11-7-2)103(119)95(127-108(101)124-83-100(118)130-104(87-64-48-40-49-65-87)88-66-50-41-51-67-88)82-123-109-102(111-84(5)113)107(105(94(79-110)126-109)133-134(120,131-89-68-55-42-56-69-89)132-90-70-57-43-58-71-90)129-99(117)78-93(74-54-36-32-28-24-20-16-12-8-3)125-97(115)75-59-37-33-29-25-21-17-13-9-4/h38-51,55-58,60-71,91-95,101-109,119H,6-37,52-54,59,72-83H2,1-5H3,(H,111,113)(H,112,114)/t91-,92-,93-,94-,95-,101-,102-,103-,105+,106-,107-,108+,109-/m1/s1. The van der Waals surface area contributed by atoms with E-state index in [1.807, 2.05) is 121 Å². The van der Waals surface area contributed by atoms with Crippen LogP contribution in [0.5, 0.6) is 11.5 Å². The lowest BCUT2D eigenvalue weighted by molar-refractivity contribution is -0.303. The second-order valence-electron chi connectivity index (χ2n) is 36.1. The molecule has 0 saturated carbocycles. The molecule has 3 N–H and O–H groups in total. The molecule has 2 amide bonds. The van der Waals surface area contributed by atoms with Crippen LogP contribution in [0.3, 0.4) is 0 Å². The molecule has 6 aromatic carbocycles. The first-order chi connectivity index (χ1) is 65.5. The van der Waals surface area contributed by atoms with Crippen molar-refractivity contribution in [3.05, 3.63) is 204 Å². The number of unbranched alkanes of at least 4 members (excludes halogenated alkanes) is 32. The summed E-state index contributed by atoms with van der Waals surface area (Å²) in [4.78, 5) is 89.0. The van der Waals surface area contributed by atoms with Crippen LogP contribution < -0.4 is 19.7 Å². The van der Waals surface area contributed by atoms with E-state index in [-0.39, 0.29) is 50.4 Å². The second kappa shape index (κ2) is 66.9. The van der Waals surface area contributed by atoms with Crippen LogP contribution in [-0.2, 0) is 98.4 Å². The first-order valence-electron chi connectivity index (χ1n) is 50.8. The molecule has 2 fully saturated rings. The van der Waals surface area contributed by atoms with Crippen molar-refractivity contribution in [2.75, 3.05) is 19.9 Å². The number of nitrogens with one attached hydrogen (secondary N) is 2. The fourth-order valence-corrected chi connectivity index (χ4v) is 18.6. The van der Waals surface area contributed by atoms with E-state index in [2.05, 4.69) is 38.3 Å². The Morgan fingerprint density at radius 1 is 0.396 bits per heavy atom. The minimum absolute atomic E-state index is 0.00303. The van der Waals surface area contributed by atoms with Crippen LogP contribution in [-0.4, -0.2) is 140 Å². The maximum absolute atomic E-state index is 16.8. The molecule has 134 heavy (non-hydrogen) atoms. The number of halogens is 1. The molecule has 2 aliphatic heterocycles. The van der Waals surface area contributed by atoms with Gasteiger partial charge in [-0.15, -0.1) is 0 Å². The van der Waals surface area contributed by atoms with Crippen molar-refractivity contribution in [1.29, 1.82) is 0 Å². The highest BCUT2D eigenvalue weighted by Gasteiger charge is 2.56. The van der Waals surface area contributed by atoms with E-state index in [1.165, 1.54) is 95.4 Å². The summed E-state index contributed by atoms with van der Waals surface area (Å²) in [6, 6.07) is 50.0. The maximum Gasteiger partial charge on any atom is 0.588 e. The lowest BCUT2D eigenvalue weighted by Crippen LogP contribution is -2.68. The number of phosphoric ester groups is 1. The number of alkyl halides is 1. The van der Waals surface area contributed by atoms with Crippen molar-refractivity contribution in [2.45, 2.75) is 410 Å². The zero-order chi connectivity index (χ0) is 95.3. The number of esters is 4. The van der Waals surface area contributed by atoms with Crippen LogP contribution in [0.4, 0.5) is 4.39 Å². The number of amides is 2. The second-order valence-corrected chi connectivity index (χ2v) is 37.6. The number of hydrogen-bond acceptors (Lipinski definition) is 21. The highest BCUT2D eigenvalue weighted by Crippen LogP contribution is 2.53. The average Bonchev–Trinajstić information content (AvgIpc) is 0.770. The Labute approximate surface area is 798 Å². The summed E-state index contributed by atoms with van der Waals surface area (Å²) in [5.74, 6) is -4.54. The molecule has 6 aromatic rings. The largest absolute Gasteiger partial charge is 0.588 e. The molecule has 0 aliphatic carbocycles. The summed E-state index contributed by atoms with van der Waals surface area (Å²) in [6.07, 6.45) is 19.4. The molecule has 0 bridgehead atoms. The number of aliphatic hydroxyl groups excluding tert-OH is 1. The maximum atomic E-state index is 16.8. The van der Waals surface area contributed by atoms with Crippen molar-refractivity contribution in [3.8, 4) is 11.5 Å². The van der Waals surface area contributed by atoms with Gasteiger partial charge in [0.15, 0.2) is 30.9 Å². The molecule has 13 atom stereocenters. The monoisotopic (exact) mass is 1880 g/mol. The molecule has 742 valence electrons. The molecular weight excluding hydrogens is 1720 g/mol. The summed E-state index contributed by atoms with van der Waals surface area (Å²) in [6.45, 7) is 7.18. The predicted molar refractivity (Wildman–Crippen MR) is 519 cm³/mol. The summed E-state index contributed by atoms with van der Waals surface area (Å²) >= 11 is 0. The van der Waals surface area contributed by atoms with Gasteiger partial charge in [-0.1, -0.05) is 404 Å². The number of hydrogen-bond donors (Lipinski definition) is 3. The highest BCUT2D eigenvalue weighted by molar-refractivity contribution is 7.49. The quantitative estimate of drug-likeness (QED) is 0.0138. The Morgan fingerprint density at radius 3 is 1.19 bits per heavy atom. The van der Waals surface area contributed by atoms with Crippen molar-refractivity contribution in [1.82, 2.24) is 10.6 Å². The first-order valence-corrected chi connectivity index (χ1v) is 52.2. The Balaban J connectivity index is 1.17. The van der Waals surface area contributed by atoms with E-state index in [1.54, 1.807) is 36.4 Å². The van der Waals surface area contributed by atoms with Crippen LogP contribution in [0.2, 0.25) is 0 Å². The Morgan fingerprint density at radius 2 is 0.761 bits per heavy atom. The number of carbonyl (C=O) groups is 6. The van der Waals surface area contributed by atoms with E-state index in [9.17, 15) is 19.5 Å². The zero-order valence-electron chi connectivity index (χ0n) is 80.8. The number of aliphatic hydroxyl groups is 1. The van der Waals surface area contributed by atoms with Crippen molar-refractivity contribution in [3.63, 3.8) is 0 Å². The first kappa shape index (κ1) is 111. The van der Waals surface area contributed by atoms with Crippen LogP contribution in [0.1, 0.15) is 339 Å². The fourth-order valence-electron chi connectivity index (χ4n) is 17.2. The number of rotatable bonds is 73. The minimum atomic E-state index is -5.12. The molecule has 25 heteroatoms. The van der Waals surface area contributed by atoms with Gasteiger partial charge in [0.05, 0.1) is 51.3 Å². The topological polar surface area (TPSA) is 284 Å². The lowest BCUT2D eigenvalue weighted by Gasteiger charge is -2.47. The molecule has 0 unspecified atom stereocenters. The third-order valence-corrected chi connectivity index (χ3v) is 26.0. The van der Waals surface area contributed by atoms with Crippen molar-refractivity contribution in [2.24, 2.45) is 0 Å². The highest BCUT2D eigenvalue weighted by atomic mass is 31.2. The van der Waals surface area contributed by atoms with Gasteiger partial charge in [-0.05, 0) is 78.6 Å². The van der Waals surface area contributed by atoms with Gasteiger partial charge in [0, 0.05) is 13.3 Å². The van der Waals surface area contributed by atoms with Gasteiger partial charge in [-0.25, -0.2) is 13.8 Å². The molecule has 0 spiro atoms. The van der Waals surface area contributed by atoms with Gasteiger partial charge in [0.25, 0.3) is 0 Å². The van der Waals surface area contributed by atoms with Crippen molar-refractivity contribution >= 4 is 43.5 Å².